The zero-order chi connectivity index (χ0) is 16.6. The number of fused-ring (bicyclic) bond motifs is 1. The Hall–Kier alpha value is -2.72. The molecular formula is C13H8N2O6S2. The number of nitrogens with one attached hydrogen (secondary N) is 1. The zero-order valence-corrected chi connectivity index (χ0v) is 12.9. The molecular weight excluding hydrogens is 344 g/mol. The summed E-state index contributed by atoms with van der Waals surface area (Å²) in [6.45, 7) is 0. The van der Waals surface area contributed by atoms with Crippen LogP contribution in [0, 0.1) is 10.1 Å². The standard InChI is InChI=1S/C13H8N2O6S2/c16-13-21-11-5-4-8(6-12(11)22-13)14-23(19,20)10-3-1-2-9(7-10)15(17)18/h1-7,14H. The Kier molecular flexibility index (Phi) is 3.62. The number of hydrogen-bond donors (Lipinski definition) is 1. The number of nitrogens with zero attached hydrogens (tertiary/aromatic N) is 1. The van der Waals surface area contributed by atoms with Gasteiger partial charge in [0.05, 0.1) is 20.2 Å². The summed E-state index contributed by atoms with van der Waals surface area (Å²) in [6, 6.07) is 9.08. The molecule has 0 unspecified atom stereocenters. The first-order chi connectivity index (χ1) is 10.8. The Balaban J connectivity index is 1.97. The second-order valence-corrected chi connectivity index (χ2v) is 7.14. The van der Waals surface area contributed by atoms with Crippen LogP contribution in [0.5, 0.6) is 0 Å². The van der Waals surface area contributed by atoms with Crippen LogP contribution >= 0.6 is 11.3 Å². The Morgan fingerprint density at radius 1 is 1.17 bits per heavy atom. The van der Waals surface area contributed by atoms with Crippen molar-refractivity contribution in [2.45, 2.75) is 4.90 Å². The van der Waals surface area contributed by atoms with Gasteiger partial charge in [0.1, 0.15) is 5.58 Å². The third kappa shape index (κ3) is 3.07. The molecule has 0 amide bonds. The molecule has 1 N–H and O–H groups in total. The van der Waals surface area contributed by atoms with Crippen LogP contribution in [0.25, 0.3) is 10.3 Å². The average molecular weight is 352 g/mol. The van der Waals surface area contributed by atoms with E-state index in [1.165, 1.54) is 36.4 Å². The normalized spacial score (nSPS) is 11.5. The predicted octanol–water partition coefficient (Wildman–Crippen LogP) is 2.56. The Morgan fingerprint density at radius 3 is 2.70 bits per heavy atom. The molecule has 23 heavy (non-hydrogen) atoms. The third-order valence-electron chi connectivity index (χ3n) is 2.92. The van der Waals surface area contributed by atoms with Gasteiger partial charge in [0, 0.05) is 12.1 Å². The van der Waals surface area contributed by atoms with Crippen molar-refractivity contribution in [2.24, 2.45) is 0 Å². The van der Waals surface area contributed by atoms with Crippen LogP contribution in [0.3, 0.4) is 0 Å². The van der Waals surface area contributed by atoms with Crippen molar-refractivity contribution < 1.29 is 17.8 Å². The van der Waals surface area contributed by atoms with Crippen molar-refractivity contribution in [3.05, 3.63) is 62.3 Å². The van der Waals surface area contributed by atoms with Crippen LogP contribution in [0.2, 0.25) is 0 Å². The molecule has 0 radical (unpaired) electrons. The molecule has 3 aromatic rings. The highest BCUT2D eigenvalue weighted by atomic mass is 32.2. The molecule has 0 spiro atoms. The number of hydrogen-bond acceptors (Lipinski definition) is 7. The highest BCUT2D eigenvalue weighted by molar-refractivity contribution is 7.92. The number of nitro benzene ring substituents is 1. The van der Waals surface area contributed by atoms with E-state index in [4.69, 9.17) is 4.42 Å². The molecule has 0 aliphatic rings. The van der Waals surface area contributed by atoms with Gasteiger partial charge in [0.25, 0.3) is 15.7 Å². The van der Waals surface area contributed by atoms with E-state index < -0.39 is 19.9 Å². The number of rotatable bonds is 4. The van der Waals surface area contributed by atoms with Crippen LogP contribution in [0.15, 0.2) is 56.6 Å². The number of nitro groups is 1. The molecule has 3 rings (SSSR count). The molecule has 118 valence electrons. The summed E-state index contributed by atoms with van der Waals surface area (Å²) in [4.78, 5) is 20.5. The Labute approximate surface area is 133 Å². The summed E-state index contributed by atoms with van der Waals surface area (Å²) >= 11 is 0.848. The number of non-ortho nitro benzene ring substituents is 1. The van der Waals surface area contributed by atoms with Crippen LogP contribution in [0.1, 0.15) is 0 Å². The maximum atomic E-state index is 12.3. The second-order valence-electron chi connectivity index (χ2n) is 4.48. The first-order valence-electron chi connectivity index (χ1n) is 6.16. The van der Waals surface area contributed by atoms with Gasteiger partial charge in [-0.1, -0.05) is 17.4 Å². The van der Waals surface area contributed by atoms with Gasteiger partial charge >= 0.3 is 4.94 Å². The molecule has 0 bridgehead atoms. The van der Waals surface area contributed by atoms with Crippen molar-refractivity contribution in [2.75, 3.05) is 4.72 Å². The fourth-order valence-electron chi connectivity index (χ4n) is 1.91. The molecule has 8 nitrogen and oxygen atoms in total. The first kappa shape index (κ1) is 15.2. The lowest BCUT2D eigenvalue weighted by Gasteiger charge is -2.07. The highest BCUT2D eigenvalue weighted by Crippen LogP contribution is 2.24. The summed E-state index contributed by atoms with van der Waals surface area (Å²) in [5.74, 6) is 0. The van der Waals surface area contributed by atoms with Crippen molar-refractivity contribution in [3.8, 4) is 0 Å². The smallest absolute Gasteiger partial charge is 0.396 e. The van der Waals surface area contributed by atoms with Crippen LogP contribution in [-0.4, -0.2) is 13.3 Å². The Bertz CT molecular complexity index is 1070. The summed E-state index contributed by atoms with van der Waals surface area (Å²) in [5, 5.41) is 10.7. The van der Waals surface area contributed by atoms with E-state index in [0.29, 0.717) is 10.3 Å². The van der Waals surface area contributed by atoms with Gasteiger partial charge in [-0.25, -0.2) is 13.2 Å². The minimum absolute atomic E-state index is 0.223. The molecule has 0 atom stereocenters. The monoisotopic (exact) mass is 352 g/mol. The van der Waals surface area contributed by atoms with E-state index in [0.717, 1.165) is 17.4 Å². The highest BCUT2D eigenvalue weighted by Gasteiger charge is 2.18. The number of benzene rings is 2. The Morgan fingerprint density at radius 2 is 1.96 bits per heavy atom. The van der Waals surface area contributed by atoms with Crippen molar-refractivity contribution in [3.63, 3.8) is 0 Å². The van der Waals surface area contributed by atoms with Crippen LogP contribution in [-0.2, 0) is 10.0 Å². The van der Waals surface area contributed by atoms with Gasteiger partial charge in [-0.05, 0) is 24.3 Å². The molecule has 0 fully saturated rings. The SMILES string of the molecule is O=c1oc2ccc(NS(=O)(=O)c3cccc([N+](=O)[O-])c3)cc2s1. The maximum Gasteiger partial charge on any atom is 0.396 e. The van der Waals surface area contributed by atoms with Gasteiger partial charge in [0.2, 0.25) is 0 Å². The summed E-state index contributed by atoms with van der Waals surface area (Å²) in [7, 11) is -3.99. The fourth-order valence-corrected chi connectivity index (χ4v) is 3.71. The van der Waals surface area contributed by atoms with Gasteiger partial charge in [-0.15, -0.1) is 0 Å². The third-order valence-corrected chi connectivity index (χ3v) is 5.09. The predicted molar refractivity (Wildman–Crippen MR) is 84.3 cm³/mol. The zero-order valence-electron chi connectivity index (χ0n) is 11.3. The van der Waals surface area contributed by atoms with E-state index >= 15 is 0 Å². The summed E-state index contributed by atoms with van der Waals surface area (Å²) in [5.41, 5.74) is 0.260. The molecule has 10 heteroatoms. The van der Waals surface area contributed by atoms with Crippen molar-refractivity contribution in [1.29, 1.82) is 0 Å². The van der Waals surface area contributed by atoms with Gasteiger partial charge in [-0.2, -0.15) is 0 Å². The quantitative estimate of drug-likeness (QED) is 0.569. The van der Waals surface area contributed by atoms with Crippen molar-refractivity contribution >= 4 is 43.0 Å². The maximum absolute atomic E-state index is 12.3. The van der Waals surface area contributed by atoms with Gasteiger partial charge < -0.3 is 4.42 Å². The molecule has 1 heterocycles. The van der Waals surface area contributed by atoms with E-state index in [1.807, 2.05) is 0 Å². The summed E-state index contributed by atoms with van der Waals surface area (Å²) < 4.78 is 32.3. The largest absolute Gasteiger partial charge is 0.414 e. The minimum Gasteiger partial charge on any atom is -0.414 e. The van der Waals surface area contributed by atoms with Crippen LogP contribution < -0.4 is 9.66 Å². The van der Waals surface area contributed by atoms with Crippen molar-refractivity contribution in [1.82, 2.24) is 0 Å². The van der Waals surface area contributed by atoms with E-state index in [2.05, 4.69) is 4.72 Å². The van der Waals surface area contributed by atoms with E-state index in [1.54, 1.807) is 0 Å². The number of sulfonamides is 1. The van der Waals surface area contributed by atoms with E-state index in [-0.39, 0.29) is 16.3 Å². The number of anilines is 1. The second kappa shape index (κ2) is 5.48. The topological polar surface area (TPSA) is 120 Å². The van der Waals surface area contributed by atoms with E-state index in [9.17, 15) is 23.3 Å². The lowest BCUT2D eigenvalue weighted by atomic mass is 10.3. The lowest BCUT2D eigenvalue weighted by molar-refractivity contribution is -0.385. The molecule has 0 aliphatic carbocycles. The lowest BCUT2D eigenvalue weighted by Crippen LogP contribution is -2.13. The molecule has 0 saturated heterocycles. The van der Waals surface area contributed by atoms with Gasteiger partial charge in [0.15, 0.2) is 0 Å². The van der Waals surface area contributed by atoms with Gasteiger partial charge in [-0.3, -0.25) is 14.8 Å². The summed E-state index contributed by atoms with van der Waals surface area (Å²) in [6.07, 6.45) is 0. The fraction of sp³-hybridized carbons (Fsp3) is 0. The average Bonchev–Trinajstić information content (AvgIpc) is 2.86. The first-order valence-corrected chi connectivity index (χ1v) is 8.46. The molecule has 0 saturated carbocycles. The molecule has 2 aromatic carbocycles. The van der Waals surface area contributed by atoms with Crippen LogP contribution in [0.4, 0.5) is 11.4 Å². The molecule has 0 aliphatic heterocycles. The molecule has 1 aromatic heterocycles. The minimum atomic E-state index is -3.99.